The molecule has 0 amide bonds. The third-order valence-electron chi connectivity index (χ3n) is 10.1. The summed E-state index contributed by atoms with van der Waals surface area (Å²) >= 11 is 0. The van der Waals surface area contributed by atoms with E-state index in [9.17, 15) is 0 Å². The molecule has 10 aromatic rings. The maximum Gasteiger partial charge on any atom is 0.164 e. The minimum atomic E-state index is 0.642. The Kier molecular flexibility index (Phi) is 7.14. The van der Waals surface area contributed by atoms with Gasteiger partial charge in [0, 0.05) is 16.7 Å². The standard InChI is InChI=1S/C49H31N3/c1-3-11-32(12-4-1)38-16-9-17-39(31-38)49-51-47(36-14-5-2-6-15-36)50-48(52-49)37-23-21-34(22-24-37)41-19-10-20-44-42(41)28-26-35-27-29-43-40-18-8-7-13-33(40)25-30-45(43)46(35)44/h1-31H. The fourth-order valence-corrected chi connectivity index (χ4v) is 7.55. The van der Waals surface area contributed by atoms with Crippen LogP contribution in [0.15, 0.2) is 188 Å². The van der Waals surface area contributed by atoms with E-state index < -0.39 is 0 Å². The smallest absolute Gasteiger partial charge is 0.164 e. The van der Waals surface area contributed by atoms with Crippen LogP contribution >= 0.6 is 0 Å². The highest BCUT2D eigenvalue weighted by Gasteiger charge is 2.15. The Morgan fingerprint density at radius 1 is 0.250 bits per heavy atom. The number of nitrogens with zero attached hydrogens (tertiary/aromatic N) is 3. The zero-order valence-corrected chi connectivity index (χ0v) is 28.2. The Hall–Kier alpha value is -6.97. The van der Waals surface area contributed by atoms with Crippen LogP contribution in [0, 0.1) is 0 Å². The van der Waals surface area contributed by atoms with E-state index in [2.05, 4.69) is 152 Å². The van der Waals surface area contributed by atoms with E-state index >= 15 is 0 Å². The van der Waals surface area contributed by atoms with E-state index in [4.69, 9.17) is 15.0 Å². The largest absolute Gasteiger partial charge is 0.208 e. The molecule has 0 saturated carbocycles. The van der Waals surface area contributed by atoms with Crippen molar-refractivity contribution in [2.24, 2.45) is 0 Å². The van der Waals surface area contributed by atoms with Crippen molar-refractivity contribution in [3.63, 3.8) is 0 Å². The quantitative estimate of drug-likeness (QED) is 0.172. The second-order valence-corrected chi connectivity index (χ2v) is 13.2. The summed E-state index contributed by atoms with van der Waals surface area (Å²) < 4.78 is 0. The monoisotopic (exact) mass is 661 g/mol. The molecule has 0 aliphatic heterocycles. The van der Waals surface area contributed by atoms with Crippen molar-refractivity contribution < 1.29 is 0 Å². The SMILES string of the molecule is c1ccc(-c2cccc(-c3nc(-c4ccccc4)nc(-c4ccc(-c5cccc6c5ccc5ccc7c8ccccc8ccc7c56)cc4)n3)c2)cc1. The average molecular weight is 662 g/mol. The summed E-state index contributed by atoms with van der Waals surface area (Å²) in [7, 11) is 0. The fraction of sp³-hybridized carbons (Fsp3) is 0. The van der Waals surface area contributed by atoms with Crippen molar-refractivity contribution in [1.29, 1.82) is 0 Å². The van der Waals surface area contributed by atoms with Gasteiger partial charge in [0.25, 0.3) is 0 Å². The number of fused-ring (bicyclic) bond motifs is 7. The van der Waals surface area contributed by atoms with Crippen molar-refractivity contribution in [3.8, 4) is 56.4 Å². The van der Waals surface area contributed by atoms with Gasteiger partial charge >= 0.3 is 0 Å². The molecule has 9 aromatic carbocycles. The molecule has 0 unspecified atom stereocenters. The lowest BCUT2D eigenvalue weighted by atomic mass is 9.91. The zero-order chi connectivity index (χ0) is 34.4. The van der Waals surface area contributed by atoms with Crippen molar-refractivity contribution in [1.82, 2.24) is 15.0 Å². The van der Waals surface area contributed by atoms with Crippen LogP contribution in [0.2, 0.25) is 0 Å². The van der Waals surface area contributed by atoms with Gasteiger partial charge in [0.2, 0.25) is 0 Å². The second kappa shape index (κ2) is 12.4. The van der Waals surface area contributed by atoms with Crippen molar-refractivity contribution in [3.05, 3.63) is 188 Å². The molecule has 0 aliphatic rings. The summed E-state index contributed by atoms with van der Waals surface area (Å²) in [5.74, 6) is 1.94. The van der Waals surface area contributed by atoms with E-state index in [0.717, 1.165) is 33.4 Å². The predicted octanol–water partition coefficient (Wildman–Crippen LogP) is 12.8. The third kappa shape index (κ3) is 5.19. The second-order valence-electron chi connectivity index (χ2n) is 13.2. The van der Waals surface area contributed by atoms with Gasteiger partial charge in [0.1, 0.15) is 0 Å². The van der Waals surface area contributed by atoms with Crippen LogP contribution < -0.4 is 0 Å². The molecule has 52 heavy (non-hydrogen) atoms. The molecule has 0 radical (unpaired) electrons. The number of hydrogen-bond donors (Lipinski definition) is 0. The maximum atomic E-state index is 5.05. The van der Waals surface area contributed by atoms with Crippen LogP contribution in [-0.2, 0) is 0 Å². The van der Waals surface area contributed by atoms with Gasteiger partial charge in [-0.15, -0.1) is 0 Å². The van der Waals surface area contributed by atoms with Crippen LogP contribution in [0.25, 0.3) is 99.5 Å². The lowest BCUT2D eigenvalue weighted by Crippen LogP contribution is -2.00. The molecular weight excluding hydrogens is 631 g/mol. The molecule has 3 heteroatoms. The highest BCUT2D eigenvalue weighted by atomic mass is 15.0. The average Bonchev–Trinajstić information content (AvgIpc) is 3.23. The molecule has 0 fully saturated rings. The Labute approximate surface area is 301 Å². The van der Waals surface area contributed by atoms with Crippen molar-refractivity contribution >= 4 is 43.1 Å². The molecule has 1 aromatic heterocycles. The molecule has 0 N–H and O–H groups in total. The summed E-state index contributed by atoms with van der Waals surface area (Å²) in [6, 6.07) is 66.5. The minimum absolute atomic E-state index is 0.642. The number of hydrogen-bond acceptors (Lipinski definition) is 3. The first-order chi connectivity index (χ1) is 25.8. The van der Waals surface area contributed by atoms with Crippen molar-refractivity contribution in [2.45, 2.75) is 0 Å². The minimum Gasteiger partial charge on any atom is -0.208 e. The lowest BCUT2D eigenvalue weighted by molar-refractivity contribution is 1.07. The topological polar surface area (TPSA) is 38.7 Å². The first kappa shape index (κ1) is 29.9. The van der Waals surface area contributed by atoms with E-state index in [-0.39, 0.29) is 0 Å². The van der Waals surface area contributed by atoms with Crippen LogP contribution in [0.3, 0.4) is 0 Å². The molecule has 0 spiro atoms. The number of benzene rings is 9. The zero-order valence-electron chi connectivity index (χ0n) is 28.2. The normalized spacial score (nSPS) is 11.5. The van der Waals surface area contributed by atoms with Gasteiger partial charge in [0.15, 0.2) is 17.5 Å². The van der Waals surface area contributed by atoms with E-state index in [1.807, 2.05) is 36.4 Å². The van der Waals surface area contributed by atoms with Crippen LogP contribution in [-0.4, -0.2) is 15.0 Å². The molecule has 242 valence electrons. The summed E-state index contributed by atoms with van der Waals surface area (Å²) in [5.41, 5.74) is 7.45. The molecule has 10 rings (SSSR count). The molecule has 1 heterocycles. The highest BCUT2D eigenvalue weighted by molar-refractivity contribution is 6.25. The summed E-state index contributed by atoms with van der Waals surface area (Å²) in [5, 5.41) is 10.1. The first-order valence-electron chi connectivity index (χ1n) is 17.6. The van der Waals surface area contributed by atoms with Gasteiger partial charge < -0.3 is 0 Å². The Morgan fingerprint density at radius 2 is 0.750 bits per heavy atom. The summed E-state index contributed by atoms with van der Waals surface area (Å²) in [6.07, 6.45) is 0. The molecular formula is C49H31N3. The van der Waals surface area contributed by atoms with Crippen LogP contribution in [0.5, 0.6) is 0 Å². The van der Waals surface area contributed by atoms with E-state index in [1.54, 1.807) is 0 Å². The summed E-state index contributed by atoms with van der Waals surface area (Å²) in [4.78, 5) is 15.0. The van der Waals surface area contributed by atoms with E-state index in [1.165, 1.54) is 48.7 Å². The van der Waals surface area contributed by atoms with E-state index in [0.29, 0.717) is 17.5 Å². The fourth-order valence-electron chi connectivity index (χ4n) is 7.55. The Bertz CT molecular complexity index is 2930. The third-order valence-corrected chi connectivity index (χ3v) is 10.1. The van der Waals surface area contributed by atoms with Crippen LogP contribution in [0.1, 0.15) is 0 Å². The van der Waals surface area contributed by atoms with Gasteiger partial charge in [-0.3, -0.25) is 0 Å². The highest BCUT2D eigenvalue weighted by Crippen LogP contribution is 2.39. The van der Waals surface area contributed by atoms with Gasteiger partial charge in [-0.1, -0.05) is 182 Å². The predicted molar refractivity (Wildman–Crippen MR) is 217 cm³/mol. The number of rotatable bonds is 5. The van der Waals surface area contributed by atoms with Gasteiger partial charge in [-0.05, 0) is 71.4 Å². The van der Waals surface area contributed by atoms with Gasteiger partial charge in [-0.25, -0.2) is 15.0 Å². The summed E-state index contributed by atoms with van der Waals surface area (Å²) in [6.45, 7) is 0. The number of aromatic nitrogens is 3. The van der Waals surface area contributed by atoms with Gasteiger partial charge in [-0.2, -0.15) is 0 Å². The first-order valence-corrected chi connectivity index (χ1v) is 17.6. The molecule has 0 saturated heterocycles. The Balaban J connectivity index is 1.08. The maximum absolute atomic E-state index is 5.05. The van der Waals surface area contributed by atoms with Crippen LogP contribution in [0.4, 0.5) is 0 Å². The Morgan fingerprint density at radius 3 is 1.52 bits per heavy atom. The lowest BCUT2D eigenvalue weighted by Gasteiger charge is -2.13. The molecule has 0 aliphatic carbocycles. The molecule has 3 nitrogen and oxygen atoms in total. The van der Waals surface area contributed by atoms with Gasteiger partial charge in [0.05, 0.1) is 0 Å². The molecule has 0 bridgehead atoms. The van der Waals surface area contributed by atoms with Crippen molar-refractivity contribution in [2.75, 3.05) is 0 Å². The molecule has 0 atom stereocenters.